The number of carboxylic acid groups (broad SMARTS) is 1. The molecule has 0 radical (unpaired) electrons. The van der Waals surface area contributed by atoms with Crippen LogP contribution in [-0.4, -0.2) is 66.4 Å². The highest BCUT2D eigenvalue weighted by molar-refractivity contribution is 5.85. The minimum Gasteiger partial charge on any atom is -0.480 e. The molecular weight excluding hydrogens is 448 g/mol. The van der Waals surface area contributed by atoms with E-state index in [1.807, 2.05) is 24.3 Å². The Morgan fingerprint density at radius 1 is 1.03 bits per heavy atom. The van der Waals surface area contributed by atoms with Crippen LogP contribution in [0.3, 0.4) is 0 Å². The van der Waals surface area contributed by atoms with Crippen LogP contribution in [0.25, 0.3) is 11.1 Å². The third-order valence-electron chi connectivity index (χ3n) is 7.39. The Balaban J connectivity index is 1.18. The Morgan fingerprint density at radius 3 is 2.40 bits per heavy atom. The van der Waals surface area contributed by atoms with E-state index in [9.17, 15) is 19.5 Å². The van der Waals surface area contributed by atoms with Crippen molar-refractivity contribution < 1.29 is 29.0 Å². The summed E-state index contributed by atoms with van der Waals surface area (Å²) in [5.41, 5.74) is 4.66. The predicted octanol–water partition coefficient (Wildman–Crippen LogP) is 3.40. The molecule has 8 nitrogen and oxygen atoms in total. The topological polar surface area (TPSA) is 105 Å². The maximum absolute atomic E-state index is 13.1. The van der Waals surface area contributed by atoms with Gasteiger partial charge in [0, 0.05) is 24.4 Å². The van der Waals surface area contributed by atoms with Crippen molar-refractivity contribution in [2.24, 2.45) is 5.92 Å². The Hall–Kier alpha value is -3.39. The molecule has 0 bridgehead atoms. The highest BCUT2D eigenvalue weighted by atomic mass is 16.5. The van der Waals surface area contributed by atoms with E-state index in [0.29, 0.717) is 19.4 Å². The molecule has 1 heterocycles. The number of rotatable bonds is 5. The molecule has 1 saturated heterocycles. The number of amides is 2. The van der Waals surface area contributed by atoms with Crippen molar-refractivity contribution in [3.63, 3.8) is 0 Å². The van der Waals surface area contributed by atoms with Crippen molar-refractivity contribution in [2.45, 2.75) is 43.7 Å². The molecule has 35 heavy (non-hydrogen) atoms. The minimum absolute atomic E-state index is 0.00915. The van der Waals surface area contributed by atoms with Crippen molar-refractivity contribution in [3.05, 3.63) is 59.7 Å². The Morgan fingerprint density at radius 2 is 1.71 bits per heavy atom. The monoisotopic (exact) mass is 478 g/mol. The fourth-order valence-corrected chi connectivity index (χ4v) is 5.66. The zero-order chi connectivity index (χ0) is 24.4. The molecule has 184 valence electrons. The van der Waals surface area contributed by atoms with Crippen LogP contribution in [0.5, 0.6) is 0 Å². The first-order valence-electron chi connectivity index (χ1n) is 12.3. The van der Waals surface area contributed by atoms with E-state index >= 15 is 0 Å². The smallest absolute Gasteiger partial charge is 0.407 e. The van der Waals surface area contributed by atoms with Gasteiger partial charge < -0.3 is 24.8 Å². The van der Waals surface area contributed by atoms with Gasteiger partial charge in [0.2, 0.25) is 5.91 Å². The van der Waals surface area contributed by atoms with Gasteiger partial charge >= 0.3 is 12.1 Å². The summed E-state index contributed by atoms with van der Waals surface area (Å²) in [6, 6.07) is 15.2. The van der Waals surface area contributed by atoms with Crippen LogP contribution < -0.4 is 5.32 Å². The number of hydrogen-bond donors (Lipinski definition) is 2. The minimum atomic E-state index is -1.05. The number of alkyl carbamates (subject to hydrolysis) is 1. The van der Waals surface area contributed by atoms with Gasteiger partial charge in [0.1, 0.15) is 6.61 Å². The first-order chi connectivity index (χ1) is 17.0. The molecule has 3 atom stereocenters. The third kappa shape index (κ3) is 4.75. The van der Waals surface area contributed by atoms with Gasteiger partial charge in [-0.3, -0.25) is 4.79 Å². The van der Waals surface area contributed by atoms with Crippen molar-refractivity contribution in [1.82, 2.24) is 10.2 Å². The van der Waals surface area contributed by atoms with Gasteiger partial charge in [-0.15, -0.1) is 0 Å². The normalized spacial score (nSPS) is 23.8. The highest BCUT2D eigenvalue weighted by Crippen LogP contribution is 2.44. The number of benzene rings is 2. The number of morpholine rings is 1. The molecule has 2 N–H and O–H groups in total. The van der Waals surface area contributed by atoms with Gasteiger partial charge in [0.05, 0.1) is 13.2 Å². The second-order valence-electron chi connectivity index (χ2n) is 9.49. The third-order valence-corrected chi connectivity index (χ3v) is 7.39. The Labute approximate surface area is 204 Å². The summed E-state index contributed by atoms with van der Waals surface area (Å²) in [5.74, 6) is -1.55. The fourth-order valence-electron chi connectivity index (χ4n) is 5.66. The van der Waals surface area contributed by atoms with Gasteiger partial charge in [0.15, 0.2) is 6.04 Å². The summed E-state index contributed by atoms with van der Waals surface area (Å²) in [6.07, 6.45) is 2.23. The largest absolute Gasteiger partial charge is 0.480 e. The Bertz CT molecular complexity index is 1070. The second kappa shape index (κ2) is 10.1. The number of aliphatic carboxylic acids is 1. The molecule has 5 rings (SSSR count). The summed E-state index contributed by atoms with van der Waals surface area (Å²) in [7, 11) is 0. The zero-order valence-corrected chi connectivity index (χ0v) is 19.5. The summed E-state index contributed by atoms with van der Waals surface area (Å²) in [4.78, 5) is 38.8. The van der Waals surface area contributed by atoms with Crippen LogP contribution in [0.15, 0.2) is 48.5 Å². The van der Waals surface area contributed by atoms with Crippen molar-refractivity contribution >= 4 is 18.0 Å². The summed E-state index contributed by atoms with van der Waals surface area (Å²) < 4.78 is 10.9. The van der Waals surface area contributed by atoms with E-state index in [1.165, 1.54) is 16.0 Å². The molecule has 1 saturated carbocycles. The molecule has 1 aliphatic heterocycles. The van der Waals surface area contributed by atoms with E-state index in [0.717, 1.165) is 24.0 Å². The maximum Gasteiger partial charge on any atom is 0.407 e. The molecule has 2 fully saturated rings. The standard InChI is InChI=1S/C27H30N2O6/c30-25(29-12-13-34-16-24(29)26(31)32)17-6-5-7-18(14-17)28-27(33)35-15-23-21-10-3-1-8-19(21)20-9-2-4-11-22(20)23/h1-4,8-11,17-18,23-24H,5-7,12-16H2,(H,28,33)(H,31,32)/t17-,18+,24?/m1/s1. The number of carbonyl (C=O) groups is 3. The van der Waals surface area contributed by atoms with E-state index < -0.39 is 18.1 Å². The lowest BCUT2D eigenvalue weighted by atomic mass is 9.84. The van der Waals surface area contributed by atoms with Gasteiger partial charge in [-0.25, -0.2) is 9.59 Å². The molecule has 8 heteroatoms. The van der Waals surface area contributed by atoms with Gasteiger partial charge in [-0.05, 0) is 41.5 Å². The van der Waals surface area contributed by atoms with Crippen molar-refractivity contribution in [2.75, 3.05) is 26.4 Å². The highest BCUT2D eigenvalue weighted by Gasteiger charge is 2.38. The fraction of sp³-hybridized carbons (Fsp3) is 0.444. The van der Waals surface area contributed by atoms with E-state index in [1.54, 1.807) is 0 Å². The quantitative estimate of drug-likeness (QED) is 0.683. The Kier molecular flexibility index (Phi) is 6.72. The molecular formula is C27H30N2O6. The van der Waals surface area contributed by atoms with Crippen LogP contribution in [0.2, 0.25) is 0 Å². The van der Waals surface area contributed by atoms with Crippen LogP contribution in [0.1, 0.15) is 42.7 Å². The van der Waals surface area contributed by atoms with Crippen LogP contribution in [0.4, 0.5) is 4.79 Å². The van der Waals surface area contributed by atoms with E-state index in [2.05, 4.69) is 29.6 Å². The first-order valence-corrected chi connectivity index (χ1v) is 12.3. The van der Waals surface area contributed by atoms with E-state index in [-0.39, 0.29) is 43.5 Å². The molecule has 1 unspecified atom stereocenters. The number of fused-ring (bicyclic) bond motifs is 3. The van der Waals surface area contributed by atoms with Crippen LogP contribution >= 0.6 is 0 Å². The molecule has 2 aromatic carbocycles. The first kappa shape index (κ1) is 23.4. The zero-order valence-electron chi connectivity index (χ0n) is 19.5. The van der Waals surface area contributed by atoms with E-state index in [4.69, 9.17) is 9.47 Å². The van der Waals surface area contributed by atoms with Crippen molar-refractivity contribution in [3.8, 4) is 11.1 Å². The summed E-state index contributed by atoms with van der Waals surface area (Å²) in [5, 5.41) is 12.4. The van der Waals surface area contributed by atoms with Crippen molar-refractivity contribution in [1.29, 1.82) is 0 Å². The average Bonchev–Trinajstić information content (AvgIpc) is 3.21. The number of hydrogen-bond acceptors (Lipinski definition) is 5. The molecule has 3 aliphatic rings. The molecule has 2 aliphatic carbocycles. The molecule has 0 spiro atoms. The van der Waals surface area contributed by atoms with Crippen LogP contribution in [0, 0.1) is 5.92 Å². The number of carboxylic acids is 1. The lowest BCUT2D eigenvalue weighted by Gasteiger charge is -2.37. The summed E-state index contributed by atoms with van der Waals surface area (Å²) in [6.45, 7) is 0.860. The number of nitrogens with zero attached hydrogens (tertiary/aromatic N) is 1. The molecule has 0 aromatic heterocycles. The molecule has 2 aromatic rings. The number of ether oxygens (including phenoxy) is 2. The van der Waals surface area contributed by atoms with Gasteiger partial charge in [-0.2, -0.15) is 0 Å². The second-order valence-corrected chi connectivity index (χ2v) is 9.49. The van der Waals surface area contributed by atoms with Gasteiger partial charge in [-0.1, -0.05) is 55.0 Å². The lowest BCUT2D eigenvalue weighted by molar-refractivity contribution is -0.160. The average molecular weight is 479 g/mol. The number of carbonyl (C=O) groups excluding carboxylic acids is 2. The van der Waals surface area contributed by atoms with Crippen LogP contribution in [-0.2, 0) is 19.1 Å². The number of nitrogens with one attached hydrogen (secondary N) is 1. The molecule has 2 amide bonds. The SMILES string of the molecule is O=C(N[C@H]1CCC[C@@H](C(=O)N2CCOCC2C(=O)O)C1)OCC1c2ccccc2-c2ccccc21. The maximum atomic E-state index is 13.1. The summed E-state index contributed by atoms with van der Waals surface area (Å²) >= 11 is 0. The predicted molar refractivity (Wildman–Crippen MR) is 128 cm³/mol. The lowest BCUT2D eigenvalue weighted by Crippen LogP contribution is -2.55. The van der Waals surface area contributed by atoms with Gasteiger partial charge in [0.25, 0.3) is 0 Å².